The highest BCUT2D eigenvalue weighted by Gasteiger charge is 2.19. The fourth-order valence-corrected chi connectivity index (χ4v) is 3.95. The van der Waals surface area contributed by atoms with Crippen LogP contribution in [-0.2, 0) is 4.79 Å². The zero-order valence-electron chi connectivity index (χ0n) is 16.0. The zero-order chi connectivity index (χ0) is 19.3. The molecule has 3 heterocycles. The number of aryl methyl sites for hydroxylation is 1. The van der Waals surface area contributed by atoms with Crippen LogP contribution in [0, 0.1) is 6.92 Å². The van der Waals surface area contributed by atoms with Gasteiger partial charge in [0.2, 0.25) is 5.91 Å². The first kappa shape index (κ1) is 16.8. The number of carbonyl (C=O) groups excluding carboxylic acids is 1. The Labute approximate surface area is 162 Å². The van der Waals surface area contributed by atoms with Gasteiger partial charge >= 0.3 is 0 Å². The van der Waals surface area contributed by atoms with Crippen molar-refractivity contribution in [3.8, 4) is 11.5 Å². The molecule has 0 bridgehead atoms. The molecule has 7 heteroatoms. The predicted molar refractivity (Wildman–Crippen MR) is 110 cm³/mol. The van der Waals surface area contributed by atoms with Crippen molar-refractivity contribution in [3.05, 3.63) is 42.0 Å². The van der Waals surface area contributed by atoms with E-state index in [0.29, 0.717) is 0 Å². The van der Waals surface area contributed by atoms with Gasteiger partial charge in [-0.15, -0.1) is 0 Å². The number of hydrogen-bond acceptors (Lipinski definition) is 4. The summed E-state index contributed by atoms with van der Waals surface area (Å²) in [7, 11) is 0. The van der Waals surface area contributed by atoms with Crippen molar-refractivity contribution >= 4 is 33.5 Å². The summed E-state index contributed by atoms with van der Waals surface area (Å²) < 4.78 is 0. The van der Waals surface area contributed by atoms with Crippen molar-refractivity contribution in [1.82, 2.24) is 25.1 Å². The number of aromatic nitrogens is 4. The number of nitrogens with zero attached hydrogens (tertiary/aromatic N) is 4. The highest BCUT2D eigenvalue weighted by molar-refractivity contribution is 5.94. The van der Waals surface area contributed by atoms with Gasteiger partial charge in [0.1, 0.15) is 5.69 Å². The van der Waals surface area contributed by atoms with Gasteiger partial charge in [-0.2, -0.15) is 5.10 Å². The Morgan fingerprint density at radius 1 is 1.11 bits per heavy atom. The number of aromatic amines is 2. The Morgan fingerprint density at radius 3 is 2.71 bits per heavy atom. The van der Waals surface area contributed by atoms with Gasteiger partial charge in [0.15, 0.2) is 5.82 Å². The summed E-state index contributed by atoms with van der Waals surface area (Å²) in [6.07, 6.45) is 0. The molecule has 0 unspecified atom stereocenters. The molecule has 0 aliphatic carbocycles. The van der Waals surface area contributed by atoms with Gasteiger partial charge in [0.25, 0.3) is 0 Å². The molecule has 1 saturated heterocycles. The molecular weight excluding hydrogens is 352 g/mol. The maximum absolute atomic E-state index is 11.5. The summed E-state index contributed by atoms with van der Waals surface area (Å²) in [5, 5.41) is 8.65. The molecule has 0 atom stereocenters. The standard InChI is InChI=1S/C21H22N6O/c1-13-4-3-5-16-19(13)24-25-20(16)21-22-17-7-6-15(12-18(17)23-21)27-10-8-26(9-11-27)14(2)28/h3-7,12H,8-11H2,1-2H3,(H,22,23)(H,24,25). The zero-order valence-corrected chi connectivity index (χ0v) is 16.0. The molecule has 5 rings (SSSR count). The number of fused-ring (bicyclic) bond motifs is 2. The average molecular weight is 374 g/mol. The van der Waals surface area contributed by atoms with Crippen LogP contribution in [-0.4, -0.2) is 57.2 Å². The van der Waals surface area contributed by atoms with Crippen LogP contribution in [0.15, 0.2) is 36.4 Å². The SMILES string of the molecule is CC(=O)N1CCN(c2ccc3nc(-c4[nH]nc5c(C)cccc45)[nH]c3c2)CC1. The summed E-state index contributed by atoms with van der Waals surface area (Å²) in [6.45, 7) is 6.91. The number of piperazine rings is 1. The highest BCUT2D eigenvalue weighted by atomic mass is 16.2. The largest absolute Gasteiger partial charge is 0.368 e. The van der Waals surface area contributed by atoms with Gasteiger partial charge in [-0.1, -0.05) is 18.2 Å². The first-order valence-corrected chi connectivity index (χ1v) is 9.54. The van der Waals surface area contributed by atoms with Crippen LogP contribution in [0.5, 0.6) is 0 Å². The molecule has 7 nitrogen and oxygen atoms in total. The Morgan fingerprint density at radius 2 is 1.93 bits per heavy atom. The van der Waals surface area contributed by atoms with E-state index in [1.807, 2.05) is 17.0 Å². The maximum Gasteiger partial charge on any atom is 0.219 e. The number of carbonyl (C=O) groups is 1. The third kappa shape index (κ3) is 2.70. The number of imidazole rings is 1. The number of nitrogens with one attached hydrogen (secondary N) is 2. The topological polar surface area (TPSA) is 80.9 Å². The second-order valence-electron chi connectivity index (χ2n) is 7.35. The Bertz CT molecular complexity index is 1180. The van der Waals surface area contributed by atoms with E-state index in [2.05, 4.69) is 51.3 Å². The number of rotatable bonds is 2. The lowest BCUT2D eigenvalue weighted by atomic mass is 10.1. The summed E-state index contributed by atoms with van der Waals surface area (Å²) in [5.74, 6) is 0.942. The smallest absolute Gasteiger partial charge is 0.219 e. The van der Waals surface area contributed by atoms with E-state index >= 15 is 0 Å². The third-order valence-corrected chi connectivity index (χ3v) is 5.58. The van der Waals surface area contributed by atoms with E-state index in [0.717, 1.165) is 70.9 Å². The summed E-state index contributed by atoms with van der Waals surface area (Å²) >= 11 is 0. The number of H-pyrrole nitrogens is 2. The Balaban J connectivity index is 1.47. The number of amides is 1. The predicted octanol–water partition coefficient (Wildman–Crippen LogP) is 3.08. The van der Waals surface area contributed by atoms with Crippen molar-refractivity contribution in [2.24, 2.45) is 0 Å². The van der Waals surface area contributed by atoms with Crippen LogP contribution in [0.2, 0.25) is 0 Å². The van der Waals surface area contributed by atoms with Crippen LogP contribution >= 0.6 is 0 Å². The first-order valence-electron chi connectivity index (χ1n) is 9.54. The van der Waals surface area contributed by atoms with E-state index < -0.39 is 0 Å². The number of benzene rings is 2. The van der Waals surface area contributed by atoms with Crippen LogP contribution in [0.1, 0.15) is 12.5 Å². The average Bonchev–Trinajstić information content (AvgIpc) is 3.32. The fourth-order valence-electron chi connectivity index (χ4n) is 3.95. The molecule has 2 aromatic heterocycles. The minimum atomic E-state index is 0.148. The molecule has 1 aliphatic heterocycles. The summed E-state index contributed by atoms with van der Waals surface area (Å²) in [5.41, 5.74) is 6.10. The van der Waals surface area contributed by atoms with Gasteiger partial charge in [0, 0.05) is 44.2 Å². The van der Waals surface area contributed by atoms with Crippen molar-refractivity contribution in [1.29, 1.82) is 0 Å². The second-order valence-corrected chi connectivity index (χ2v) is 7.35. The van der Waals surface area contributed by atoms with Gasteiger partial charge in [-0.25, -0.2) is 4.98 Å². The van der Waals surface area contributed by atoms with Crippen molar-refractivity contribution in [2.45, 2.75) is 13.8 Å². The first-order chi connectivity index (χ1) is 13.6. The van der Waals surface area contributed by atoms with Crippen LogP contribution in [0.25, 0.3) is 33.5 Å². The van der Waals surface area contributed by atoms with Gasteiger partial charge in [-0.05, 0) is 30.7 Å². The van der Waals surface area contributed by atoms with Crippen LogP contribution in [0.3, 0.4) is 0 Å². The minimum Gasteiger partial charge on any atom is -0.368 e. The molecule has 0 saturated carbocycles. The second kappa shape index (κ2) is 6.37. The van der Waals surface area contributed by atoms with Crippen molar-refractivity contribution in [2.75, 3.05) is 31.1 Å². The molecule has 1 amide bonds. The maximum atomic E-state index is 11.5. The molecule has 2 N–H and O–H groups in total. The van der Waals surface area contributed by atoms with Gasteiger partial charge in [-0.3, -0.25) is 9.89 Å². The molecule has 0 radical (unpaired) electrons. The molecule has 2 aromatic carbocycles. The molecule has 0 spiro atoms. The van der Waals surface area contributed by atoms with Crippen molar-refractivity contribution in [3.63, 3.8) is 0 Å². The van der Waals surface area contributed by atoms with Gasteiger partial charge < -0.3 is 14.8 Å². The molecule has 1 fully saturated rings. The van der Waals surface area contributed by atoms with E-state index in [1.54, 1.807) is 6.92 Å². The molecule has 28 heavy (non-hydrogen) atoms. The normalized spacial score (nSPS) is 14.9. The van der Waals surface area contributed by atoms with E-state index in [1.165, 1.54) is 0 Å². The van der Waals surface area contributed by atoms with E-state index in [-0.39, 0.29) is 5.91 Å². The van der Waals surface area contributed by atoms with Crippen molar-refractivity contribution < 1.29 is 4.79 Å². The van der Waals surface area contributed by atoms with E-state index in [9.17, 15) is 4.79 Å². The molecule has 142 valence electrons. The quantitative estimate of drug-likeness (QED) is 0.565. The van der Waals surface area contributed by atoms with Crippen LogP contribution < -0.4 is 4.90 Å². The molecular formula is C21H22N6O. The number of hydrogen-bond donors (Lipinski definition) is 2. The minimum absolute atomic E-state index is 0.148. The van der Waals surface area contributed by atoms with Gasteiger partial charge in [0.05, 0.1) is 16.6 Å². The lowest BCUT2D eigenvalue weighted by Gasteiger charge is -2.35. The lowest BCUT2D eigenvalue weighted by molar-refractivity contribution is -0.129. The third-order valence-electron chi connectivity index (χ3n) is 5.58. The number of para-hydroxylation sites is 1. The Kier molecular flexibility index (Phi) is 3.82. The van der Waals surface area contributed by atoms with Crippen LogP contribution in [0.4, 0.5) is 5.69 Å². The highest BCUT2D eigenvalue weighted by Crippen LogP contribution is 2.29. The Hall–Kier alpha value is -3.35. The fraction of sp³-hybridized carbons (Fsp3) is 0.286. The number of anilines is 1. The molecule has 4 aromatic rings. The van der Waals surface area contributed by atoms with E-state index in [4.69, 9.17) is 4.98 Å². The summed E-state index contributed by atoms with van der Waals surface area (Å²) in [4.78, 5) is 23.9. The summed E-state index contributed by atoms with van der Waals surface area (Å²) in [6, 6.07) is 12.5. The molecule has 1 aliphatic rings. The lowest BCUT2D eigenvalue weighted by Crippen LogP contribution is -2.48. The monoisotopic (exact) mass is 374 g/mol.